The van der Waals surface area contributed by atoms with Crippen molar-refractivity contribution in [3.63, 3.8) is 0 Å². The predicted molar refractivity (Wildman–Crippen MR) is 111 cm³/mol. The normalized spacial score (nSPS) is 17.6. The number of aliphatic hydroxyl groups is 1. The second-order valence-corrected chi connectivity index (χ2v) is 7.84. The summed E-state index contributed by atoms with van der Waals surface area (Å²) in [5.41, 5.74) is 8.36. The summed E-state index contributed by atoms with van der Waals surface area (Å²) in [7, 11) is 0. The van der Waals surface area contributed by atoms with Crippen LogP contribution in [-0.4, -0.2) is 30.9 Å². The Bertz CT molecular complexity index is 1040. The molecule has 2 aromatic carbocycles. The zero-order valence-electron chi connectivity index (χ0n) is 15.8. The molecule has 4 rings (SSSR count). The highest BCUT2D eigenvalue weighted by molar-refractivity contribution is 8.04. The van der Waals surface area contributed by atoms with Gasteiger partial charge in [-0.25, -0.2) is 4.68 Å². The van der Waals surface area contributed by atoms with E-state index in [1.807, 2.05) is 67.6 Å². The lowest BCUT2D eigenvalue weighted by Crippen LogP contribution is -2.26. The lowest BCUT2D eigenvalue weighted by atomic mass is 10.1. The Morgan fingerprint density at radius 3 is 2.48 bits per heavy atom. The maximum absolute atomic E-state index is 11.9. The molecule has 29 heavy (non-hydrogen) atoms. The van der Waals surface area contributed by atoms with Crippen LogP contribution in [0.5, 0.6) is 0 Å². The van der Waals surface area contributed by atoms with Gasteiger partial charge in [-0.15, -0.1) is 5.10 Å². The van der Waals surface area contributed by atoms with E-state index in [1.165, 1.54) is 11.8 Å². The highest BCUT2D eigenvalue weighted by Gasteiger charge is 2.35. The summed E-state index contributed by atoms with van der Waals surface area (Å²) in [6, 6.07) is 19.3. The molecule has 0 fully saturated rings. The number of aromatic nitrogens is 3. The van der Waals surface area contributed by atoms with Crippen LogP contribution < -0.4 is 5.73 Å². The van der Waals surface area contributed by atoms with Crippen LogP contribution in [0, 0.1) is 0 Å². The highest BCUT2D eigenvalue weighted by Crippen LogP contribution is 2.45. The average molecular weight is 407 g/mol. The van der Waals surface area contributed by atoms with Crippen molar-refractivity contribution in [1.29, 1.82) is 0 Å². The Kier molecular flexibility index (Phi) is 5.37. The first kappa shape index (κ1) is 19.2. The summed E-state index contributed by atoms with van der Waals surface area (Å²) in [6.45, 7) is 2.48. The number of primary amides is 1. The van der Waals surface area contributed by atoms with E-state index in [4.69, 9.17) is 5.73 Å². The van der Waals surface area contributed by atoms with Gasteiger partial charge in [0.05, 0.1) is 11.1 Å². The number of aliphatic hydroxyl groups excluding tert-OH is 1. The fraction of sp³-hybridized carbons (Fsp3) is 0.190. The van der Waals surface area contributed by atoms with Crippen LogP contribution in [0.15, 0.2) is 77.5 Å². The molecule has 3 N–H and O–H groups in total. The number of rotatable bonds is 6. The number of amides is 1. The third-order valence-corrected chi connectivity index (χ3v) is 6.23. The van der Waals surface area contributed by atoms with Crippen LogP contribution in [0.1, 0.15) is 35.3 Å². The summed E-state index contributed by atoms with van der Waals surface area (Å²) in [5.74, 6) is -0.460. The molecule has 2 atom stereocenters. The molecular formula is C21H21N5O2S. The first-order chi connectivity index (χ1) is 14.0. The highest BCUT2D eigenvalue weighted by atomic mass is 32.2. The van der Waals surface area contributed by atoms with E-state index in [1.54, 1.807) is 10.9 Å². The van der Waals surface area contributed by atoms with E-state index in [9.17, 15) is 9.90 Å². The molecule has 1 aliphatic heterocycles. The smallest absolute Gasteiger partial charge is 0.257 e. The van der Waals surface area contributed by atoms with E-state index in [-0.39, 0.29) is 5.50 Å². The maximum atomic E-state index is 11.9. The molecule has 8 heteroatoms. The second-order valence-electron chi connectivity index (χ2n) is 6.77. The number of thioether (sulfide) groups is 1. The third kappa shape index (κ3) is 3.90. The Labute approximate surface area is 172 Å². The van der Waals surface area contributed by atoms with Crippen molar-refractivity contribution in [1.82, 2.24) is 19.9 Å². The largest absolute Gasteiger partial charge is 0.382 e. The predicted octanol–water partition coefficient (Wildman–Crippen LogP) is 2.78. The van der Waals surface area contributed by atoms with Crippen molar-refractivity contribution in [2.75, 3.05) is 0 Å². The van der Waals surface area contributed by atoms with Crippen LogP contribution in [0.25, 0.3) is 0 Å². The Morgan fingerprint density at radius 1 is 1.17 bits per heavy atom. The number of nitrogens with two attached hydrogens (primary N) is 1. The number of allylic oxidation sites excluding steroid dienone is 1. The van der Waals surface area contributed by atoms with Gasteiger partial charge in [-0.2, -0.15) is 0 Å². The topological polar surface area (TPSA) is 97.3 Å². The molecule has 2 unspecified atom stereocenters. The molecule has 1 amide bonds. The molecule has 0 bridgehead atoms. The third-order valence-electron chi connectivity index (χ3n) is 4.82. The first-order valence-corrected chi connectivity index (χ1v) is 10.0. The standard InChI is InChI=1S/C21H21N5O2S/c1-14-19(20(22)28)29-21(25(14)12-15-8-4-2-5-9-15)26-13-17(23-24-26)18(27)16-10-6-3-7-11-16/h2-11,13,18,21,27H,12H2,1H3,(H2,22,28). The van der Waals surface area contributed by atoms with Crippen molar-refractivity contribution in [2.45, 2.75) is 25.1 Å². The maximum Gasteiger partial charge on any atom is 0.257 e. The van der Waals surface area contributed by atoms with E-state index in [2.05, 4.69) is 15.2 Å². The number of carbonyl (C=O) groups excluding carboxylic acids is 1. The van der Waals surface area contributed by atoms with Gasteiger partial charge in [0, 0.05) is 12.2 Å². The lowest BCUT2D eigenvalue weighted by Gasteiger charge is -2.27. The summed E-state index contributed by atoms with van der Waals surface area (Å²) in [6.07, 6.45) is 0.841. The quantitative estimate of drug-likeness (QED) is 0.652. The minimum Gasteiger partial charge on any atom is -0.382 e. The van der Waals surface area contributed by atoms with Gasteiger partial charge < -0.3 is 15.7 Å². The van der Waals surface area contributed by atoms with Crippen molar-refractivity contribution in [2.24, 2.45) is 5.73 Å². The van der Waals surface area contributed by atoms with Crippen LogP contribution in [0.4, 0.5) is 0 Å². The minimum absolute atomic E-state index is 0.318. The van der Waals surface area contributed by atoms with E-state index < -0.39 is 12.0 Å². The van der Waals surface area contributed by atoms with Crippen LogP contribution in [0.3, 0.4) is 0 Å². The molecule has 3 aromatic rings. The zero-order chi connectivity index (χ0) is 20.4. The van der Waals surface area contributed by atoms with Crippen molar-refractivity contribution >= 4 is 17.7 Å². The number of nitrogens with zero attached hydrogens (tertiary/aromatic N) is 4. The van der Waals surface area contributed by atoms with Crippen molar-refractivity contribution in [3.8, 4) is 0 Å². The van der Waals surface area contributed by atoms with Crippen LogP contribution in [0.2, 0.25) is 0 Å². The van der Waals surface area contributed by atoms with Gasteiger partial charge in [0.25, 0.3) is 5.91 Å². The minimum atomic E-state index is -0.872. The SMILES string of the molecule is CC1=C(C(N)=O)SC(n2cc(C(O)c3ccccc3)nn2)N1Cc1ccccc1. The summed E-state index contributed by atoms with van der Waals surface area (Å²) >= 11 is 1.34. The first-order valence-electron chi connectivity index (χ1n) is 9.17. The van der Waals surface area contributed by atoms with Gasteiger partial charge in [0.15, 0.2) is 5.50 Å². The summed E-state index contributed by atoms with van der Waals surface area (Å²) in [5, 5.41) is 19.0. The molecule has 148 valence electrons. The monoisotopic (exact) mass is 407 g/mol. The molecule has 0 radical (unpaired) electrons. The van der Waals surface area contributed by atoms with Crippen LogP contribution >= 0.6 is 11.8 Å². The van der Waals surface area contributed by atoms with Gasteiger partial charge in [-0.3, -0.25) is 4.79 Å². The van der Waals surface area contributed by atoms with Crippen molar-refractivity contribution < 1.29 is 9.90 Å². The molecule has 7 nitrogen and oxygen atoms in total. The van der Waals surface area contributed by atoms with E-state index in [0.29, 0.717) is 17.1 Å². The summed E-state index contributed by atoms with van der Waals surface area (Å²) < 4.78 is 1.66. The average Bonchev–Trinajstić information content (AvgIpc) is 3.34. The van der Waals surface area contributed by atoms with Gasteiger partial charge in [-0.05, 0) is 18.1 Å². The molecular weight excluding hydrogens is 386 g/mol. The molecule has 0 saturated heterocycles. The molecule has 1 aliphatic rings. The second kappa shape index (κ2) is 8.10. The molecule has 0 saturated carbocycles. The van der Waals surface area contributed by atoms with Crippen LogP contribution in [-0.2, 0) is 11.3 Å². The Morgan fingerprint density at radius 2 is 1.83 bits per heavy atom. The lowest BCUT2D eigenvalue weighted by molar-refractivity contribution is -0.114. The number of benzene rings is 2. The van der Waals surface area contributed by atoms with Gasteiger partial charge in [-0.1, -0.05) is 77.6 Å². The Hall–Kier alpha value is -3.10. The zero-order valence-corrected chi connectivity index (χ0v) is 16.7. The van der Waals surface area contributed by atoms with Gasteiger partial charge in [0.2, 0.25) is 0 Å². The number of hydrogen-bond acceptors (Lipinski definition) is 6. The molecule has 0 spiro atoms. The van der Waals surface area contributed by atoms with Gasteiger partial charge >= 0.3 is 0 Å². The fourth-order valence-electron chi connectivity index (χ4n) is 3.29. The number of hydrogen-bond donors (Lipinski definition) is 2. The fourth-order valence-corrected chi connectivity index (χ4v) is 4.48. The van der Waals surface area contributed by atoms with E-state index in [0.717, 1.165) is 16.8 Å². The number of carbonyl (C=O) groups is 1. The molecule has 0 aliphatic carbocycles. The van der Waals surface area contributed by atoms with Gasteiger partial charge in [0.1, 0.15) is 11.8 Å². The Balaban J connectivity index is 1.63. The van der Waals surface area contributed by atoms with Crippen molar-refractivity contribution in [3.05, 3.63) is 94.3 Å². The molecule has 2 heterocycles. The molecule has 1 aromatic heterocycles. The summed E-state index contributed by atoms with van der Waals surface area (Å²) in [4.78, 5) is 14.5. The van der Waals surface area contributed by atoms with E-state index >= 15 is 0 Å².